The number of unbranched alkanes of at least 4 members (excludes halogenated alkanes) is 2. The van der Waals surface area contributed by atoms with Crippen molar-refractivity contribution < 1.29 is 4.79 Å². The highest BCUT2D eigenvalue weighted by Crippen LogP contribution is 2.18. The molecule has 0 aliphatic rings. The molecule has 1 atom stereocenters. The minimum Gasteiger partial charge on any atom is -0.384 e. The molecule has 0 fully saturated rings. The normalized spacial score (nSPS) is 12.0. The number of carbonyl (C=O) groups is 1. The average molecular weight is 290 g/mol. The maximum absolute atomic E-state index is 12.4. The van der Waals surface area contributed by atoms with Crippen LogP contribution in [0.2, 0.25) is 0 Å². The maximum atomic E-state index is 12.4. The van der Waals surface area contributed by atoms with E-state index in [1.807, 2.05) is 25.1 Å². The molecule has 3 heteroatoms. The summed E-state index contributed by atoms with van der Waals surface area (Å²) < 4.78 is 0. The summed E-state index contributed by atoms with van der Waals surface area (Å²) >= 11 is 0. The van der Waals surface area contributed by atoms with Gasteiger partial charge in [0, 0.05) is 18.3 Å². The fraction of sp³-hybridized carbons (Fsp3) is 0.611. The van der Waals surface area contributed by atoms with Gasteiger partial charge in [-0.25, -0.2) is 0 Å². The minimum atomic E-state index is 0.0256. The molecule has 0 aromatic heterocycles. The van der Waals surface area contributed by atoms with Gasteiger partial charge in [0.2, 0.25) is 0 Å². The molecule has 0 aliphatic heterocycles. The van der Waals surface area contributed by atoms with Gasteiger partial charge in [-0.3, -0.25) is 4.79 Å². The summed E-state index contributed by atoms with van der Waals surface area (Å²) in [7, 11) is 0. The van der Waals surface area contributed by atoms with E-state index < -0.39 is 0 Å². The molecule has 1 aromatic carbocycles. The first kappa shape index (κ1) is 17.5. The Labute approximate surface area is 129 Å². The second-order valence-electron chi connectivity index (χ2n) is 5.85. The van der Waals surface area contributed by atoms with E-state index >= 15 is 0 Å². The third kappa shape index (κ3) is 6.19. The standard InChI is InChI=1S/C18H30N2O/c1-5-7-8-9-15(4)20-18(21)16-11-10-14(3)13-17(16)19-12-6-2/h10-11,13,15,19H,5-9,12H2,1-4H3,(H,20,21). The van der Waals surface area contributed by atoms with Gasteiger partial charge in [0.05, 0.1) is 5.56 Å². The molecule has 118 valence electrons. The van der Waals surface area contributed by atoms with Crippen molar-refractivity contribution in [3.05, 3.63) is 29.3 Å². The number of amides is 1. The molecular weight excluding hydrogens is 260 g/mol. The molecule has 1 rings (SSSR count). The second-order valence-corrected chi connectivity index (χ2v) is 5.85. The molecule has 0 heterocycles. The topological polar surface area (TPSA) is 41.1 Å². The molecule has 1 aromatic rings. The van der Waals surface area contributed by atoms with Crippen LogP contribution in [-0.2, 0) is 0 Å². The van der Waals surface area contributed by atoms with Gasteiger partial charge in [0.25, 0.3) is 5.91 Å². The molecule has 1 unspecified atom stereocenters. The number of rotatable bonds is 9. The van der Waals surface area contributed by atoms with Crippen molar-refractivity contribution in [1.82, 2.24) is 5.32 Å². The Morgan fingerprint density at radius 2 is 1.95 bits per heavy atom. The van der Waals surface area contributed by atoms with Crippen molar-refractivity contribution in [2.75, 3.05) is 11.9 Å². The van der Waals surface area contributed by atoms with Crippen LogP contribution in [0.15, 0.2) is 18.2 Å². The van der Waals surface area contributed by atoms with Crippen LogP contribution < -0.4 is 10.6 Å². The number of hydrogen-bond acceptors (Lipinski definition) is 2. The van der Waals surface area contributed by atoms with Gasteiger partial charge in [0.15, 0.2) is 0 Å². The molecule has 3 nitrogen and oxygen atoms in total. The number of hydrogen-bond donors (Lipinski definition) is 2. The first-order valence-corrected chi connectivity index (χ1v) is 8.23. The SMILES string of the molecule is CCCCCC(C)NC(=O)c1ccc(C)cc1NCCC. The lowest BCUT2D eigenvalue weighted by atomic mass is 10.1. The van der Waals surface area contributed by atoms with Crippen molar-refractivity contribution in [2.45, 2.75) is 65.8 Å². The highest BCUT2D eigenvalue weighted by atomic mass is 16.1. The molecule has 0 spiro atoms. The van der Waals surface area contributed by atoms with Crippen molar-refractivity contribution in [2.24, 2.45) is 0 Å². The van der Waals surface area contributed by atoms with Crippen molar-refractivity contribution in [3.8, 4) is 0 Å². The van der Waals surface area contributed by atoms with E-state index in [0.29, 0.717) is 0 Å². The molecule has 0 aliphatic carbocycles. The smallest absolute Gasteiger partial charge is 0.253 e. The zero-order valence-electron chi connectivity index (χ0n) is 14.0. The van der Waals surface area contributed by atoms with Gasteiger partial charge in [-0.1, -0.05) is 39.2 Å². The zero-order chi connectivity index (χ0) is 15.7. The number of benzene rings is 1. The second kappa shape index (κ2) is 9.43. The van der Waals surface area contributed by atoms with Gasteiger partial charge >= 0.3 is 0 Å². The lowest BCUT2D eigenvalue weighted by Gasteiger charge is -2.16. The summed E-state index contributed by atoms with van der Waals surface area (Å²) in [6.07, 6.45) is 5.70. The zero-order valence-corrected chi connectivity index (χ0v) is 14.0. The van der Waals surface area contributed by atoms with Crippen LogP contribution in [0.3, 0.4) is 0 Å². The largest absolute Gasteiger partial charge is 0.384 e. The van der Waals surface area contributed by atoms with Crippen LogP contribution in [0.1, 0.15) is 68.8 Å². The van der Waals surface area contributed by atoms with Gasteiger partial charge in [-0.15, -0.1) is 0 Å². The summed E-state index contributed by atoms with van der Waals surface area (Å²) in [5, 5.41) is 6.46. The van der Waals surface area contributed by atoms with E-state index in [1.54, 1.807) is 0 Å². The van der Waals surface area contributed by atoms with Crippen molar-refractivity contribution in [3.63, 3.8) is 0 Å². The summed E-state index contributed by atoms with van der Waals surface area (Å²) in [5.41, 5.74) is 2.85. The van der Waals surface area contributed by atoms with Crippen LogP contribution >= 0.6 is 0 Å². The third-order valence-electron chi connectivity index (χ3n) is 3.60. The van der Waals surface area contributed by atoms with Crippen LogP contribution in [0.4, 0.5) is 5.69 Å². The average Bonchev–Trinajstić information content (AvgIpc) is 2.45. The van der Waals surface area contributed by atoms with Crippen molar-refractivity contribution >= 4 is 11.6 Å². The molecule has 0 bridgehead atoms. The van der Waals surface area contributed by atoms with Crippen LogP contribution in [0.5, 0.6) is 0 Å². The Hall–Kier alpha value is -1.51. The molecule has 0 saturated heterocycles. The highest BCUT2D eigenvalue weighted by molar-refractivity contribution is 5.99. The van der Waals surface area contributed by atoms with Crippen molar-refractivity contribution in [1.29, 1.82) is 0 Å². The summed E-state index contributed by atoms with van der Waals surface area (Å²) in [5.74, 6) is 0.0256. The van der Waals surface area contributed by atoms with E-state index in [2.05, 4.69) is 31.4 Å². The Balaban J connectivity index is 2.67. The number of carbonyl (C=O) groups excluding carboxylic acids is 1. The van der Waals surface area contributed by atoms with Gasteiger partial charge < -0.3 is 10.6 Å². The third-order valence-corrected chi connectivity index (χ3v) is 3.60. The maximum Gasteiger partial charge on any atom is 0.253 e. The Kier molecular flexibility index (Phi) is 7.88. The fourth-order valence-corrected chi connectivity index (χ4v) is 2.34. The number of anilines is 1. The Morgan fingerprint density at radius 1 is 1.19 bits per heavy atom. The molecule has 21 heavy (non-hydrogen) atoms. The predicted molar refractivity (Wildman–Crippen MR) is 91.0 cm³/mol. The first-order valence-electron chi connectivity index (χ1n) is 8.23. The van der Waals surface area contributed by atoms with Gasteiger partial charge in [-0.2, -0.15) is 0 Å². The monoisotopic (exact) mass is 290 g/mol. The van der Waals surface area contributed by atoms with E-state index in [1.165, 1.54) is 24.8 Å². The summed E-state index contributed by atoms with van der Waals surface area (Å²) in [6, 6.07) is 6.19. The fourth-order valence-electron chi connectivity index (χ4n) is 2.34. The van der Waals surface area contributed by atoms with Crippen LogP contribution in [0, 0.1) is 6.92 Å². The van der Waals surface area contributed by atoms with E-state index in [4.69, 9.17) is 0 Å². The molecular formula is C18H30N2O. The van der Waals surface area contributed by atoms with E-state index in [9.17, 15) is 4.79 Å². The number of aryl methyl sites for hydroxylation is 1. The summed E-state index contributed by atoms with van der Waals surface area (Å²) in [4.78, 5) is 12.4. The molecule has 0 saturated carbocycles. The first-order chi connectivity index (χ1) is 10.1. The number of nitrogens with one attached hydrogen (secondary N) is 2. The highest BCUT2D eigenvalue weighted by Gasteiger charge is 2.13. The Bertz CT molecular complexity index is 443. The lowest BCUT2D eigenvalue weighted by molar-refractivity contribution is 0.0938. The predicted octanol–water partition coefficient (Wildman–Crippen LogP) is 4.52. The molecule has 1 amide bonds. The van der Waals surface area contributed by atoms with Gasteiger partial charge in [0.1, 0.15) is 0 Å². The summed E-state index contributed by atoms with van der Waals surface area (Å²) in [6.45, 7) is 9.34. The lowest BCUT2D eigenvalue weighted by Crippen LogP contribution is -2.33. The van der Waals surface area contributed by atoms with Gasteiger partial charge in [-0.05, 0) is 44.4 Å². The van der Waals surface area contributed by atoms with Crippen LogP contribution in [-0.4, -0.2) is 18.5 Å². The van der Waals surface area contributed by atoms with Crippen LogP contribution in [0.25, 0.3) is 0 Å². The molecule has 2 N–H and O–H groups in total. The van der Waals surface area contributed by atoms with E-state index in [-0.39, 0.29) is 11.9 Å². The molecule has 0 radical (unpaired) electrons. The quantitative estimate of drug-likeness (QED) is 0.657. The van der Waals surface area contributed by atoms with E-state index in [0.717, 1.165) is 30.6 Å². The minimum absolute atomic E-state index is 0.0256. The Morgan fingerprint density at radius 3 is 2.62 bits per heavy atom.